The predicted molar refractivity (Wildman–Crippen MR) is 113 cm³/mol. The lowest BCUT2D eigenvalue weighted by Gasteiger charge is -2.26. The topological polar surface area (TPSA) is 152 Å². The van der Waals surface area contributed by atoms with Crippen molar-refractivity contribution >= 4 is 40.7 Å². The summed E-state index contributed by atoms with van der Waals surface area (Å²) >= 11 is 5.99. The Morgan fingerprint density at radius 3 is 2.91 bits per heavy atom. The molecule has 2 aromatic heterocycles. The first-order valence-corrected chi connectivity index (χ1v) is 10.2. The molecule has 0 aliphatic carbocycles. The molecule has 5 rings (SSSR count). The number of carbonyl (C=O) groups excluding carboxylic acids is 1. The summed E-state index contributed by atoms with van der Waals surface area (Å²) in [7, 11) is 0. The van der Waals surface area contributed by atoms with Crippen molar-refractivity contribution in [2.45, 2.75) is 36.1 Å². The van der Waals surface area contributed by atoms with Gasteiger partial charge in [0.1, 0.15) is 11.8 Å². The van der Waals surface area contributed by atoms with Crippen LogP contribution in [0.4, 0.5) is 15.0 Å². The summed E-state index contributed by atoms with van der Waals surface area (Å²) in [5.41, 5.74) is 4.26. The summed E-state index contributed by atoms with van der Waals surface area (Å²) in [5, 5.41) is 10.1. The number of terminal acetylenes is 1. The molecule has 0 saturated carbocycles. The molecule has 2 fully saturated rings. The molecule has 1 aromatic carbocycles. The molecule has 2 aliphatic heterocycles. The Morgan fingerprint density at radius 2 is 2.21 bits per heavy atom. The van der Waals surface area contributed by atoms with Crippen LogP contribution in [0, 0.1) is 12.3 Å². The number of hydrogen-bond acceptors (Lipinski definition) is 9. The number of halogens is 2. The standard InChI is InChI=1S/C21H15ClFN5O6/c1-2-20-17(32-19(31)34-20)21(23,7-12(16(29)30)10-4-3-5-11(22)6-10)33-18(20)28-9-27-13-14(24)25-8-26-15(13)28/h1,3-6,8-9,12,17-18H,7H2,(H,29,30)(H2,24,25,26)/t12?,17-,18+,20+,21+/m0/s1. The van der Waals surface area contributed by atoms with Crippen LogP contribution in [0.3, 0.4) is 0 Å². The molecule has 2 saturated heterocycles. The molecule has 174 valence electrons. The lowest BCUT2D eigenvalue weighted by Crippen LogP contribution is -2.47. The lowest BCUT2D eigenvalue weighted by atomic mass is 9.86. The fourth-order valence-corrected chi connectivity index (χ4v) is 4.51. The van der Waals surface area contributed by atoms with Gasteiger partial charge in [0.05, 0.1) is 12.2 Å². The molecule has 11 nitrogen and oxygen atoms in total. The Labute approximate surface area is 195 Å². The third-order valence-corrected chi connectivity index (χ3v) is 6.05. The fourth-order valence-electron chi connectivity index (χ4n) is 4.31. The molecule has 3 aromatic rings. The quantitative estimate of drug-likeness (QED) is 0.405. The van der Waals surface area contributed by atoms with E-state index in [2.05, 4.69) is 20.9 Å². The molecule has 34 heavy (non-hydrogen) atoms. The normalized spacial score (nSPS) is 28.7. The number of imidazole rings is 1. The maximum atomic E-state index is 16.5. The van der Waals surface area contributed by atoms with Crippen LogP contribution >= 0.6 is 11.6 Å². The van der Waals surface area contributed by atoms with Gasteiger partial charge in [-0.2, -0.15) is 0 Å². The van der Waals surface area contributed by atoms with Gasteiger partial charge in [-0.3, -0.25) is 9.36 Å². The number of rotatable bonds is 5. The van der Waals surface area contributed by atoms with E-state index in [9.17, 15) is 14.7 Å². The minimum atomic E-state index is -2.87. The summed E-state index contributed by atoms with van der Waals surface area (Å²) < 4.78 is 33.8. The summed E-state index contributed by atoms with van der Waals surface area (Å²) in [6.45, 7) is 0. The molecule has 0 amide bonds. The van der Waals surface area contributed by atoms with Gasteiger partial charge in [-0.25, -0.2) is 24.1 Å². The highest BCUT2D eigenvalue weighted by molar-refractivity contribution is 6.30. The SMILES string of the molecule is C#C[C@@]12OC(=O)O[C@@H]1[C@@](F)(CC(C(=O)O)c1cccc(Cl)c1)O[C@H]2n1cnc2c(N)ncnc21. The first kappa shape index (κ1) is 21.9. The van der Waals surface area contributed by atoms with Gasteiger partial charge in [-0.15, -0.1) is 6.42 Å². The third-order valence-electron chi connectivity index (χ3n) is 5.82. The van der Waals surface area contributed by atoms with E-state index in [1.807, 2.05) is 0 Å². The van der Waals surface area contributed by atoms with E-state index in [0.29, 0.717) is 0 Å². The zero-order valence-electron chi connectivity index (χ0n) is 17.1. The highest BCUT2D eigenvalue weighted by Crippen LogP contribution is 2.55. The second kappa shape index (κ2) is 7.54. The van der Waals surface area contributed by atoms with Gasteiger partial charge in [-0.05, 0) is 23.6 Å². The molecule has 3 N–H and O–H groups in total. The van der Waals surface area contributed by atoms with E-state index in [4.69, 9.17) is 38.0 Å². The van der Waals surface area contributed by atoms with E-state index < -0.39 is 48.3 Å². The average Bonchev–Trinajstić information content (AvgIpc) is 3.44. The van der Waals surface area contributed by atoms with Gasteiger partial charge in [0.2, 0.25) is 6.10 Å². The molecule has 2 aliphatic rings. The largest absolute Gasteiger partial charge is 0.510 e. The van der Waals surface area contributed by atoms with Gasteiger partial charge in [-0.1, -0.05) is 23.7 Å². The van der Waals surface area contributed by atoms with Crippen LogP contribution in [-0.2, 0) is 19.0 Å². The monoisotopic (exact) mass is 487 g/mol. The predicted octanol–water partition coefficient (Wildman–Crippen LogP) is 2.42. The number of carbonyl (C=O) groups is 2. The second-order valence-electron chi connectivity index (χ2n) is 7.78. The van der Waals surface area contributed by atoms with Gasteiger partial charge < -0.3 is 25.1 Å². The number of anilines is 1. The average molecular weight is 488 g/mol. The zero-order chi connectivity index (χ0) is 24.3. The molecular weight excluding hydrogens is 473 g/mol. The molecule has 0 radical (unpaired) electrons. The van der Waals surface area contributed by atoms with E-state index in [1.54, 1.807) is 6.07 Å². The van der Waals surface area contributed by atoms with Crippen LogP contribution in [0.15, 0.2) is 36.9 Å². The van der Waals surface area contributed by atoms with E-state index in [1.165, 1.54) is 29.1 Å². The molecular formula is C21H15ClFN5O6. The summed E-state index contributed by atoms with van der Waals surface area (Å²) in [4.78, 5) is 36.2. The Bertz CT molecular complexity index is 1380. The van der Waals surface area contributed by atoms with Crippen molar-refractivity contribution in [3.05, 3.63) is 47.5 Å². The van der Waals surface area contributed by atoms with Gasteiger partial charge in [0.25, 0.3) is 11.5 Å². The number of ether oxygens (including phenoxy) is 3. The zero-order valence-corrected chi connectivity index (χ0v) is 17.8. The number of hydrogen-bond donors (Lipinski definition) is 2. The van der Waals surface area contributed by atoms with Crippen molar-refractivity contribution in [2.24, 2.45) is 0 Å². The van der Waals surface area contributed by atoms with E-state index >= 15 is 4.39 Å². The third kappa shape index (κ3) is 3.12. The van der Waals surface area contributed by atoms with Crippen LogP contribution in [0.25, 0.3) is 11.2 Å². The Morgan fingerprint density at radius 1 is 1.41 bits per heavy atom. The first-order chi connectivity index (χ1) is 16.2. The maximum absolute atomic E-state index is 16.5. The molecule has 4 heterocycles. The number of benzene rings is 1. The number of nitrogens with two attached hydrogens (primary N) is 1. The molecule has 0 bridgehead atoms. The van der Waals surface area contributed by atoms with Crippen molar-refractivity contribution in [3.63, 3.8) is 0 Å². The van der Waals surface area contributed by atoms with E-state index in [-0.39, 0.29) is 27.6 Å². The van der Waals surface area contributed by atoms with E-state index in [0.717, 1.165) is 6.33 Å². The van der Waals surface area contributed by atoms with Crippen molar-refractivity contribution in [3.8, 4) is 12.3 Å². The Kier molecular flexibility index (Phi) is 4.85. The number of nitrogens with zero attached hydrogens (tertiary/aromatic N) is 4. The first-order valence-electron chi connectivity index (χ1n) is 9.84. The van der Waals surface area contributed by atoms with Gasteiger partial charge >= 0.3 is 12.1 Å². The summed E-state index contributed by atoms with van der Waals surface area (Å²) in [6.07, 6.45) is 2.79. The van der Waals surface area contributed by atoms with Gasteiger partial charge in [0, 0.05) is 11.4 Å². The van der Waals surface area contributed by atoms with Crippen molar-refractivity contribution in [1.82, 2.24) is 19.5 Å². The Hall–Kier alpha value is -3.95. The number of alkyl halides is 1. The molecule has 0 spiro atoms. The second-order valence-corrected chi connectivity index (χ2v) is 8.21. The lowest BCUT2D eigenvalue weighted by molar-refractivity contribution is -0.200. The fraction of sp³-hybridized carbons (Fsp3) is 0.286. The highest BCUT2D eigenvalue weighted by Gasteiger charge is 2.74. The molecule has 13 heteroatoms. The minimum absolute atomic E-state index is 0.0473. The number of aliphatic carboxylic acids is 1. The highest BCUT2D eigenvalue weighted by atomic mass is 35.5. The molecule has 5 atom stereocenters. The number of nitrogen functional groups attached to an aromatic ring is 1. The number of carboxylic acid groups (broad SMARTS) is 1. The van der Waals surface area contributed by atoms with Crippen LogP contribution in [-0.4, -0.2) is 54.3 Å². The summed E-state index contributed by atoms with van der Waals surface area (Å²) in [5.74, 6) is -3.33. The van der Waals surface area contributed by atoms with Crippen LogP contribution in [0.5, 0.6) is 0 Å². The van der Waals surface area contributed by atoms with Crippen LogP contribution in [0.2, 0.25) is 5.02 Å². The smallest absolute Gasteiger partial charge is 0.481 e. The van der Waals surface area contributed by atoms with Crippen LogP contribution in [0.1, 0.15) is 24.1 Å². The van der Waals surface area contributed by atoms with Crippen LogP contribution < -0.4 is 5.73 Å². The van der Waals surface area contributed by atoms with Gasteiger partial charge in [0.15, 0.2) is 17.7 Å². The molecule has 1 unspecified atom stereocenters. The van der Waals surface area contributed by atoms with Crippen molar-refractivity contribution < 1.29 is 33.3 Å². The number of carboxylic acids is 1. The Balaban J connectivity index is 1.61. The summed E-state index contributed by atoms with van der Waals surface area (Å²) in [6, 6.07) is 5.95. The van der Waals surface area contributed by atoms with Crippen molar-refractivity contribution in [2.75, 3.05) is 5.73 Å². The number of fused-ring (bicyclic) bond motifs is 2. The van der Waals surface area contributed by atoms with Crippen molar-refractivity contribution in [1.29, 1.82) is 0 Å². The minimum Gasteiger partial charge on any atom is -0.481 e. The maximum Gasteiger partial charge on any atom is 0.510 e. The number of aromatic nitrogens is 4.